The van der Waals surface area contributed by atoms with Crippen molar-refractivity contribution >= 4 is 24.0 Å². The number of halogens is 2. The molecule has 1 aliphatic rings. The lowest BCUT2D eigenvalue weighted by Gasteiger charge is -2.33. The average Bonchev–Trinajstić information content (AvgIpc) is 3.00. The Hall–Kier alpha value is -1.14. The summed E-state index contributed by atoms with van der Waals surface area (Å²) in [6.07, 6.45) is 2.45. The highest BCUT2D eigenvalue weighted by Gasteiger charge is 2.39. The summed E-state index contributed by atoms with van der Waals surface area (Å²) >= 11 is 6.19. The van der Waals surface area contributed by atoms with Gasteiger partial charge in [-0.15, -0.1) is 12.4 Å². The number of nitrogens with zero attached hydrogens (tertiary/aromatic N) is 2. The monoisotopic (exact) mass is 357 g/mol. The van der Waals surface area contributed by atoms with Crippen LogP contribution in [0, 0.1) is 0 Å². The highest BCUT2D eigenvalue weighted by Crippen LogP contribution is 2.33. The molecule has 1 aromatic heterocycles. The van der Waals surface area contributed by atoms with Gasteiger partial charge >= 0.3 is 0 Å². The molecule has 0 saturated carbocycles. The van der Waals surface area contributed by atoms with Crippen molar-refractivity contribution in [2.75, 3.05) is 26.8 Å². The molecule has 0 spiro atoms. The van der Waals surface area contributed by atoms with Gasteiger partial charge in [0.1, 0.15) is 0 Å². The van der Waals surface area contributed by atoms with E-state index in [1.807, 2.05) is 24.3 Å². The molecule has 0 bridgehead atoms. The summed E-state index contributed by atoms with van der Waals surface area (Å²) in [6.45, 7) is 2.47. The van der Waals surface area contributed by atoms with E-state index in [9.17, 15) is 0 Å². The summed E-state index contributed by atoms with van der Waals surface area (Å²) in [5.41, 5.74) is 0.828. The Balaban J connectivity index is 0.00000192. The second kappa shape index (κ2) is 8.11. The van der Waals surface area contributed by atoms with Gasteiger partial charge in [-0.2, -0.15) is 4.98 Å². The fourth-order valence-electron chi connectivity index (χ4n) is 2.95. The maximum Gasteiger partial charge on any atom is 0.235 e. The molecule has 1 aliphatic heterocycles. The van der Waals surface area contributed by atoms with Crippen LogP contribution in [0.4, 0.5) is 0 Å². The third-order valence-corrected chi connectivity index (χ3v) is 4.58. The fourth-order valence-corrected chi connectivity index (χ4v) is 3.16. The lowest BCUT2D eigenvalue weighted by molar-refractivity contribution is 0.0849. The summed E-state index contributed by atoms with van der Waals surface area (Å²) in [7, 11) is 1.71. The molecule has 3 rings (SSSR count). The highest BCUT2D eigenvalue weighted by molar-refractivity contribution is 6.31. The second-order valence-electron chi connectivity index (χ2n) is 5.75. The van der Waals surface area contributed by atoms with E-state index in [4.69, 9.17) is 20.9 Å². The van der Waals surface area contributed by atoms with Crippen molar-refractivity contribution in [3.8, 4) is 0 Å². The maximum absolute atomic E-state index is 6.19. The van der Waals surface area contributed by atoms with Gasteiger partial charge in [0, 0.05) is 18.6 Å². The summed E-state index contributed by atoms with van der Waals surface area (Å²) in [5.74, 6) is 1.34. The van der Waals surface area contributed by atoms with Crippen LogP contribution in [-0.4, -0.2) is 36.9 Å². The molecular formula is C16H21Cl2N3O2. The van der Waals surface area contributed by atoms with E-state index in [0.717, 1.165) is 36.5 Å². The van der Waals surface area contributed by atoms with Gasteiger partial charge in [0.2, 0.25) is 5.89 Å². The van der Waals surface area contributed by atoms with Gasteiger partial charge < -0.3 is 14.6 Å². The summed E-state index contributed by atoms with van der Waals surface area (Å²) < 4.78 is 11.0. The fraction of sp³-hybridized carbons (Fsp3) is 0.500. The molecule has 0 atom stereocenters. The Bertz CT molecular complexity index is 622. The Morgan fingerprint density at radius 1 is 1.30 bits per heavy atom. The van der Waals surface area contributed by atoms with Crippen LogP contribution in [-0.2, 0) is 16.6 Å². The quantitative estimate of drug-likeness (QED) is 0.890. The van der Waals surface area contributed by atoms with Crippen molar-refractivity contribution in [1.82, 2.24) is 15.5 Å². The predicted octanol–water partition coefficient (Wildman–Crippen LogP) is 3.00. The number of rotatable bonds is 5. The van der Waals surface area contributed by atoms with Crippen molar-refractivity contribution in [2.24, 2.45) is 0 Å². The van der Waals surface area contributed by atoms with Gasteiger partial charge in [-0.1, -0.05) is 35.0 Å². The molecule has 1 fully saturated rings. The van der Waals surface area contributed by atoms with Crippen LogP contribution in [0.1, 0.15) is 30.1 Å². The molecule has 126 valence electrons. The first-order chi connectivity index (χ1) is 10.7. The molecule has 2 heterocycles. The van der Waals surface area contributed by atoms with Crippen LogP contribution in [0.25, 0.3) is 0 Å². The van der Waals surface area contributed by atoms with Crippen LogP contribution in [0.15, 0.2) is 28.8 Å². The van der Waals surface area contributed by atoms with Gasteiger partial charge in [-0.3, -0.25) is 0 Å². The van der Waals surface area contributed by atoms with E-state index in [1.165, 1.54) is 0 Å². The molecule has 1 saturated heterocycles. The van der Waals surface area contributed by atoms with Crippen molar-refractivity contribution in [3.63, 3.8) is 0 Å². The largest absolute Gasteiger partial charge is 0.384 e. The maximum atomic E-state index is 6.19. The minimum Gasteiger partial charge on any atom is -0.384 e. The van der Waals surface area contributed by atoms with Gasteiger partial charge in [-0.05, 0) is 37.6 Å². The van der Waals surface area contributed by atoms with Crippen molar-refractivity contribution < 1.29 is 9.26 Å². The van der Waals surface area contributed by atoms with Crippen molar-refractivity contribution in [2.45, 2.75) is 24.7 Å². The number of nitrogens with one attached hydrogen (secondary N) is 1. The van der Waals surface area contributed by atoms with Gasteiger partial charge in [-0.25, -0.2) is 0 Å². The first-order valence-corrected chi connectivity index (χ1v) is 7.87. The zero-order valence-corrected chi connectivity index (χ0v) is 14.6. The van der Waals surface area contributed by atoms with Crippen LogP contribution in [0.2, 0.25) is 5.02 Å². The number of hydrogen-bond donors (Lipinski definition) is 1. The summed E-state index contributed by atoms with van der Waals surface area (Å²) in [4.78, 5) is 4.62. The van der Waals surface area contributed by atoms with Crippen LogP contribution < -0.4 is 5.32 Å². The van der Waals surface area contributed by atoms with E-state index in [-0.39, 0.29) is 17.8 Å². The predicted molar refractivity (Wildman–Crippen MR) is 91.5 cm³/mol. The van der Waals surface area contributed by atoms with Gasteiger partial charge in [0.25, 0.3) is 0 Å². The molecule has 0 aliphatic carbocycles. The SMILES string of the molecule is COCC1(c2nc(Cc3ccccc3Cl)no2)CCNCC1.Cl. The molecule has 1 N–H and O–H groups in total. The first kappa shape index (κ1) is 18.2. The standard InChI is InChI=1S/C16H20ClN3O2.ClH/c1-21-11-16(6-8-18-9-7-16)15-19-14(20-22-15)10-12-4-2-3-5-13(12)17;/h2-5,18H,6-11H2,1H3;1H. The molecule has 0 radical (unpaired) electrons. The lowest BCUT2D eigenvalue weighted by Crippen LogP contribution is -2.43. The topological polar surface area (TPSA) is 60.2 Å². The van der Waals surface area contributed by atoms with E-state index < -0.39 is 0 Å². The Morgan fingerprint density at radius 2 is 2.04 bits per heavy atom. The third-order valence-electron chi connectivity index (χ3n) is 4.21. The van der Waals surface area contributed by atoms with Crippen LogP contribution in [0.3, 0.4) is 0 Å². The zero-order valence-electron chi connectivity index (χ0n) is 13.0. The third kappa shape index (κ3) is 4.04. The van der Waals surface area contributed by atoms with Crippen molar-refractivity contribution in [3.05, 3.63) is 46.6 Å². The van der Waals surface area contributed by atoms with Gasteiger partial charge in [0.15, 0.2) is 5.82 Å². The van der Waals surface area contributed by atoms with E-state index in [2.05, 4.69) is 15.5 Å². The molecule has 5 nitrogen and oxygen atoms in total. The number of ether oxygens (including phenoxy) is 1. The zero-order chi connectivity index (χ0) is 15.4. The van der Waals surface area contributed by atoms with Crippen LogP contribution in [0.5, 0.6) is 0 Å². The second-order valence-corrected chi connectivity index (χ2v) is 6.15. The lowest BCUT2D eigenvalue weighted by atomic mass is 9.79. The summed E-state index contributed by atoms with van der Waals surface area (Å²) in [6, 6.07) is 7.72. The average molecular weight is 358 g/mol. The van der Waals surface area contributed by atoms with E-state index >= 15 is 0 Å². The molecule has 1 aromatic carbocycles. The molecule has 0 amide bonds. The highest BCUT2D eigenvalue weighted by atomic mass is 35.5. The Labute approximate surface area is 147 Å². The molecule has 7 heteroatoms. The number of aromatic nitrogens is 2. The van der Waals surface area contributed by atoms with Gasteiger partial charge in [0.05, 0.1) is 12.0 Å². The Kier molecular flexibility index (Phi) is 6.41. The minimum atomic E-state index is -0.175. The smallest absolute Gasteiger partial charge is 0.235 e. The van der Waals surface area contributed by atoms with Crippen LogP contribution >= 0.6 is 24.0 Å². The number of benzene rings is 1. The minimum absolute atomic E-state index is 0. The normalized spacial score (nSPS) is 16.8. The van der Waals surface area contributed by atoms with Crippen molar-refractivity contribution in [1.29, 1.82) is 0 Å². The summed E-state index contributed by atoms with van der Waals surface area (Å²) in [5, 5.41) is 8.22. The molecular weight excluding hydrogens is 337 g/mol. The first-order valence-electron chi connectivity index (χ1n) is 7.50. The number of piperidine rings is 1. The molecule has 23 heavy (non-hydrogen) atoms. The molecule has 0 unspecified atom stereocenters. The molecule has 2 aromatic rings. The number of hydrogen-bond acceptors (Lipinski definition) is 5. The van der Waals surface area contributed by atoms with E-state index in [0.29, 0.717) is 24.7 Å². The van der Waals surface area contributed by atoms with E-state index in [1.54, 1.807) is 7.11 Å². The Morgan fingerprint density at radius 3 is 2.74 bits per heavy atom. The number of methoxy groups -OCH3 is 1.